The molecule has 4 rings (SSSR count). The topological polar surface area (TPSA) is 91.8 Å². The standard InChI is InChI=1S/C26H31NO6S2/c1-25(2,16-18-10-6-5-7-11-18)33-23(28)15-19-14-20(32-26(3,4)31-19)17-35(29,30)24-27-21-12-8-9-13-22(21)34-24/h5-13,19-20H,14-17H2,1-4H3/t19-,20+/m1/s1. The van der Waals surface area contributed by atoms with Gasteiger partial charge in [-0.15, -0.1) is 11.3 Å². The van der Waals surface area contributed by atoms with E-state index in [1.165, 1.54) is 0 Å². The molecule has 0 saturated carbocycles. The summed E-state index contributed by atoms with van der Waals surface area (Å²) in [6.45, 7) is 7.20. The summed E-state index contributed by atoms with van der Waals surface area (Å²) in [6.07, 6.45) is -0.284. The molecule has 0 amide bonds. The number of thiazole rings is 1. The van der Waals surface area contributed by atoms with Gasteiger partial charge in [-0.05, 0) is 45.4 Å². The third-order valence-electron chi connectivity index (χ3n) is 5.63. The predicted molar refractivity (Wildman–Crippen MR) is 135 cm³/mol. The van der Waals surface area contributed by atoms with E-state index in [4.69, 9.17) is 14.2 Å². The van der Waals surface area contributed by atoms with Crippen LogP contribution in [0.4, 0.5) is 0 Å². The molecule has 0 aliphatic carbocycles. The number of fused-ring (bicyclic) bond motifs is 1. The first-order chi connectivity index (χ1) is 16.4. The number of hydrogen-bond donors (Lipinski definition) is 0. The van der Waals surface area contributed by atoms with Crippen molar-refractivity contribution in [3.8, 4) is 0 Å². The highest BCUT2D eigenvalue weighted by molar-refractivity contribution is 7.93. The van der Waals surface area contributed by atoms with E-state index in [-0.39, 0.29) is 28.9 Å². The number of ether oxygens (including phenoxy) is 3. The molecule has 0 unspecified atom stereocenters. The molecular weight excluding hydrogens is 486 g/mol. The lowest BCUT2D eigenvalue weighted by molar-refractivity contribution is -0.295. The summed E-state index contributed by atoms with van der Waals surface area (Å²) < 4.78 is 44.7. The van der Waals surface area contributed by atoms with Crippen molar-refractivity contribution in [2.45, 2.75) is 74.9 Å². The monoisotopic (exact) mass is 517 g/mol. The first-order valence-corrected chi connectivity index (χ1v) is 14.1. The molecule has 1 fully saturated rings. The zero-order chi connectivity index (χ0) is 25.3. The summed E-state index contributed by atoms with van der Waals surface area (Å²) in [7, 11) is -3.68. The van der Waals surface area contributed by atoms with Crippen molar-refractivity contribution in [2.75, 3.05) is 5.75 Å². The second-order valence-corrected chi connectivity index (χ2v) is 13.2. The van der Waals surface area contributed by atoms with E-state index in [9.17, 15) is 13.2 Å². The van der Waals surface area contributed by atoms with Gasteiger partial charge in [0.15, 0.2) is 5.79 Å². The van der Waals surface area contributed by atoms with Crippen LogP contribution in [0.25, 0.3) is 10.2 Å². The van der Waals surface area contributed by atoms with E-state index in [1.54, 1.807) is 19.9 Å². The second kappa shape index (κ2) is 9.97. The van der Waals surface area contributed by atoms with Gasteiger partial charge in [0.1, 0.15) is 5.60 Å². The molecule has 3 aromatic rings. The number of esters is 1. The van der Waals surface area contributed by atoms with E-state index >= 15 is 0 Å². The fourth-order valence-corrected chi connectivity index (χ4v) is 7.16. The van der Waals surface area contributed by atoms with Crippen LogP contribution < -0.4 is 0 Å². The highest BCUT2D eigenvalue weighted by atomic mass is 32.2. The zero-order valence-electron chi connectivity index (χ0n) is 20.4. The average Bonchev–Trinajstić information content (AvgIpc) is 3.17. The van der Waals surface area contributed by atoms with Gasteiger partial charge < -0.3 is 14.2 Å². The molecule has 0 radical (unpaired) electrons. The Morgan fingerprint density at radius 3 is 2.46 bits per heavy atom. The van der Waals surface area contributed by atoms with Crippen molar-refractivity contribution in [3.63, 3.8) is 0 Å². The van der Waals surface area contributed by atoms with E-state index in [0.29, 0.717) is 11.9 Å². The fourth-order valence-electron chi connectivity index (χ4n) is 4.41. The van der Waals surface area contributed by atoms with E-state index in [1.807, 2.05) is 62.4 Å². The maximum Gasteiger partial charge on any atom is 0.308 e. The predicted octanol–water partition coefficient (Wildman–Crippen LogP) is 4.93. The quantitative estimate of drug-likeness (QED) is 0.391. The number of rotatable bonds is 8. The van der Waals surface area contributed by atoms with Crippen LogP contribution in [0.3, 0.4) is 0 Å². The van der Waals surface area contributed by atoms with Gasteiger partial charge in [-0.2, -0.15) is 0 Å². The molecule has 188 valence electrons. The lowest BCUT2D eigenvalue weighted by Gasteiger charge is -2.40. The van der Waals surface area contributed by atoms with Gasteiger partial charge in [-0.1, -0.05) is 42.5 Å². The van der Waals surface area contributed by atoms with Gasteiger partial charge in [0.2, 0.25) is 14.2 Å². The molecule has 0 bridgehead atoms. The van der Waals surface area contributed by atoms with Crippen LogP contribution >= 0.6 is 11.3 Å². The normalized spacial score (nSPS) is 20.6. The number of nitrogens with zero attached hydrogens (tertiary/aromatic N) is 1. The van der Waals surface area contributed by atoms with Crippen molar-refractivity contribution in [3.05, 3.63) is 60.2 Å². The van der Waals surface area contributed by atoms with Gasteiger partial charge in [-0.25, -0.2) is 13.4 Å². The summed E-state index contributed by atoms with van der Waals surface area (Å²) in [5, 5.41) is 0. The first kappa shape index (κ1) is 25.8. The van der Waals surface area contributed by atoms with Crippen LogP contribution in [0.1, 0.15) is 46.1 Å². The molecule has 0 spiro atoms. The summed E-state index contributed by atoms with van der Waals surface area (Å²) in [5.41, 5.74) is 1.05. The molecule has 35 heavy (non-hydrogen) atoms. The van der Waals surface area contributed by atoms with Crippen molar-refractivity contribution in [1.82, 2.24) is 4.98 Å². The van der Waals surface area contributed by atoms with E-state index in [0.717, 1.165) is 21.6 Å². The van der Waals surface area contributed by atoms with Gasteiger partial charge in [0.25, 0.3) is 0 Å². The molecule has 0 N–H and O–H groups in total. The van der Waals surface area contributed by atoms with Crippen molar-refractivity contribution in [2.24, 2.45) is 0 Å². The highest BCUT2D eigenvalue weighted by Crippen LogP contribution is 2.32. The third-order valence-corrected chi connectivity index (χ3v) is 8.91. The summed E-state index contributed by atoms with van der Waals surface area (Å²) in [5.74, 6) is -1.65. The Bertz CT molecular complexity index is 1250. The molecule has 7 nitrogen and oxygen atoms in total. The average molecular weight is 518 g/mol. The SMILES string of the molecule is CC(C)(Cc1ccccc1)OC(=O)C[C@H]1C[C@@H](CS(=O)(=O)c2nc3ccccc3s2)OC(C)(C)O1. The van der Waals surface area contributed by atoms with E-state index < -0.39 is 33.4 Å². The minimum absolute atomic E-state index is 0.0166. The van der Waals surface area contributed by atoms with Crippen LogP contribution in [0.15, 0.2) is 58.9 Å². The molecule has 2 atom stereocenters. The number of carbonyl (C=O) groups is 1. The Hall–Kier alpha value is -2.33. The Kier molecular flexibility index (Phi) is 7.33. The Labute approximate surface area is 210 Å². The maximum atomic E-state index is 13.1. The fraction of sp³-hybridized carbons (Fsp3) is 0.462. The maximum absolute atomic E-state index is 13.1. The van der Waals surface area contributed by atoms with Crippen LogP contribution in [0.2, 0.25) is 0 Å². The Balaban J connectivity index is 1.40. The van der Waals surface area contributed by atoms with Gasteiger partial charge >= 0.3 is 5.97 Å². The molecule has 1 aliphatic rings. The first-order valence-electron chi connectivity index (χ1n) is 11.6. The molecule has 1 saturated heterocycles. The van der Waals surface area contributed by atoms with Crippen molar-refractivity contribution in [1.29, 1.82) is 0 Å². The minimum Gasteiger partial charge on any atom is -0.459 e. The Morgan fingerprint density at radius 2 is 1.74 bits per heavy atom. The number of benzene rings is 2. The zero-order valence-corrected chi connectivity index (χ0v) is 22.0. The number of hydrogen-bond acceptors (Lipinski definition) is 8. The smallest absolute Gasteiger partial charge is 0.308 e. The second-order valence-electron chi connectivity index (χ2n) is 9.94. The summed E-state index contributed by atoms with van der Waals surface area (Å²) in [6, 6.07) is 17.2. The summed E-state index contributed by atoms with van der Waals surface area (Å²) in [4.78, 5) is 17.1. The number of aromatic nitrogens is 1. The number of sulfone groups is 1. The minimum atomic E-state index is -3.68. The van der Waals surface area contributed by atoms with Crippen LogP contribution in [-0.2, 0) is 35.3 Å². The number of para-hydroxylation sites is 1. The summed E-state index contributed by atoms with van der Waals surface area (Å²) >= 11 is 1.15. The van der Waals surface area contributed by atoms with Gasteiger partial charge in [0, 0.05) is 12.8 Å². The van der Waals surface area contributed by atoms with Gasteiger partial charge in [-0.3, -0.25) is 4.79 Å². The molecule has 1 aromatic heterocycles. The Morgan fingerprint density at radius 1 is 1.09 bits per heavy atom. The lowest BCUT2D eigenvalue weighted by atomic mass is 9.98. The van der Waals surface area contributed by atoms with Crippen LogP contribution in [0, 0.1) is 0 Å². The van der Waals surface area contributed by atoms with Gasteiger partial charge in [0.05, 0.1) is 34.6 Å². The number of carbonyl (C=O) groups excluding carboxylic acids is 1. The van der Waals surface area contributed by atoms with E-state index in [2.05, 4.69) is 4.98 Å². The van der Waals surface area contributed by atoms with Crippen LogP contribution in [-0.4, -0.2) is 48.7 Å². The van der Waals surface area contributed by atoms with Crippen molar-refractivity contribution >= 4 is 37.4 Å². The largest absolute Gasteiger partial charge is 0.459 e. The van der Waals surface area contributed by atoms with Crippen LogP contribution in [0.5, 0.6) is 0 Å². The molecule has 9 heteroatoms. The highest BCUT2D eigenvalue weighted by Gasteiger charge is 2.40. The third kappa shape index (κ3) is 6.88. The molecular formula is C26H31NO6S2. The molecule has 2 aromatic carbocycles. The molecule has 1 aliphatic heterocycles. The molecule has 2 heterocycles. The van der Waals surface area contributed by atoms with Crippen molar-refractivity contribution < 1.29 is 27.4 Å². The lowest BCUT2D eigenvalue weighted by Crippen LogP contribution is -2.47.